The molecule has 0 saturated carbocycles. The topological polar surface area (TPSA) is 59.3 Å². The summed E-state index contributed by atoms with van der Waals surface area (Å²) in [5.41, 5.74) is 2.50. The monoisotopic (exact) mass is 247 g/mol. The molecule has 18 heavy (non-hydrogen) atoms. The van der Waals surface area contributed by atoms with E-state index in [0.717, 1.165) is 16.9 Å². The van der Waals surface area contributed by atoms with Crippen LogP contribution in [0.15, 0.2) is 12.1 Å². The normalized spacial score (nSPS) is 9.67. The van der Waals surface area contributed by atoms with Crippen molar-refractivity contribution in [3.8, 4) is 11.8 Å². The van der Waals surface area contributed by atoms with Crippen molar-refractivity contribution in [3.05, 3.63) is 28.8 Å². The fourth-order valence-electron chi connectivity index (χ4n) is 1.69. The first-order valence-corrected chi connectivity index (χ1v) is 5.79. The van der Waals surface area contributed by atoms with Gasteiger partial charge in [-0.05, 0) is 43.5 Å². The van der Waals surface area contributed by atoms with Crippen molar-refractivity contribution >= 4 is 5.97 Å². The van der Waals surface area contributed by atoms with Crippen LogP contribution in [0.3, 0.4) is 0 Å². The maximum absolute atomic E-state index is 10.9. The molecule has 1 aromatic rings. The Labute approximate surface area is 107 Å². The number of hydrogen-bond donors (Lipinski definition) is 0. The Hall–Kier alpha value is -2.02. The van der Waals surface area contributed by atoms with E-state index in [1.165, 1.54) is 7.11 Å². The number of hydrogen-bond acceptors (Lipinski definition) is 4. The van der Waals surface area contributed by atoms with Gasteiger partial charge in [-0.15, -0.1) is 0 Å². The van der Waals surface area contributed by atoms with E-state index in [1.54, 1.807) is 0 Å². The SMILES string of the molecule is COC(=O)CCCOc1cc(C)c(C#N)c(C)c1. The fraction of sp³-hybridized carbons (Fsp3) is 0.429. The zero-order valence-electron chi connectivity index (χ0n) is 10.9. The minimum absolute atomic E-state index is 0.231. The Morgan fingerprint density at radius 2 is 1.94 bits per heavy atom. The molecule has 0 aliphatic carbocycles. The molecular formula is C14H17NO3. The number of esters is 1. The summed E-state index contributed by atoms with van der Waals surface area (Å²) in [6, 6.07) is 5.84. The molecule has 0 heterocycles. The van der Waals surface area contributed by atoms with Crippen LogP contribution in [0.25, 0.3) is 0 Å². The molecule has 0 unspecified atom stereocenters. The number of methoxy groups -OCH3 is 1. The molecule has 4 nitrogen and oxygen atoms in total. The fourth-order valence-corrected chi connectivity index (χ4v) is 1.69. The Morgan fingerprint density at radius 1 is 1.33 bits per heavy atom. The molecule has 0 atom stereocenters. The Bertz CT molecular complexity index is 451. The number of carbonyl (C=O) groups excluding carboxylic acids is 1. The maximum atomic E-state index is 10.9. The molecule has 0 bridgehead atoms. The van der Waals surface area contributed by atoms with Crippen LogP contribution in [-0.2, 0) is 9.53 Å². The first kappa shape index (κ1) is 14.0. The first-order chi connectivity index (χ1) is 8.58. The molecule has 1 rings (SSSR count). The van der Waals surface area contributed by atoms with E-state index in [0.29, 0.717) is 25.0 Å². The van der Waals surface area contributed by atoms with Crippen molar-refractivity contribution < 1.29 is 14.3 Å². The number of aryl methyl sites for hydroxylation is 2. The molecule has 0 radical (unpaired) electrons. The van der Waals surface area contributed by atoms with Gasteiger partial charge in [0.05, 0.1) is 25.3 Å². The van der Waals surface area contributed by atoms with Gasteiger partial charge in [-0.25, -0.2) is 0 Å². The van der Waals surface area contributed by atoms with Crippen LogP contribution in [0, 0.1) is 25.2 Å². The molecule has 0 fully saturated rings. The second-order valence-corrected chi connectivity index (χ2v) is 4.07. The molecule has 0 aliphatic rings. The predicted octanol–water partition coefficient (Wildman–Crippen LogP) is 2.51. The van der Waals surface area contributed by atoms with Crippen molar-refractivity contribution in [1.82, 2.24) is 0 Å². The van der Waals surface area contributed by atoms with Crippen molar-refractivity contribution in [2.75, 3.05) is 13.7 Å². The van der Waals surface area contributed by atoms with Gasteiger partial charge in [-0.1, -0.05) is 0 Å². The minimum atomic E-state index is -0.231. The highest BCUT2D eigenvalue weighted by atomic mass is 16.5. The Morgan fingerprint density at radius 3 is 2.44 bits per heavy atom. The summed E-state index contributed by atoms with van der Waals surface area (Å²) < 4.78 is 10.1. The van der Waals surface area contributed by atoms with Crippen molar-refractivity contribution in [2.45, 2.75) is 26.7 Å². The highest BCUT2D eigenvalue weighted by Crippen LogP contribution is 2.21. The standard InChI is InChI=1S/C14H17NO3/c1-10-7-12(8-11(2)13(10)9-15)18-6-4-5-14(16)17-3/h7-8H,4-6H2,1-3H3. The summed E-state index contributed by atoms with van der Waals surface area (Å²) in [7, 11) is 1.37. The molecule has 0 spiro atoms. The number of benzene rings is 1. The third-order valence-corrected chi connectivity index (χ3v) is 2.64. The quantitative estimate of drug-likeness (QED) is 0.592. The van der Waals surface area contributed by atoms with E-state index < -0.39 is 0 Å². The van der Waals surface area contributed by atoms with Crippen molar-refractivity contribution in [2.24, 2.45) is 0 Å². The van der Waals surface area contributed by atoms with Crippen molar-refractivity contribution in [1.29, 1.82) is 5.26 Å². The lowest BCUT2D eigenvalue weighted by Gasteiger charge is -2.09. The van der Waals surface area contributed by atoms with Gasteiger partial charge < -0.3 is 9.47 Å². The molecule has 4 heteroatoms. The molecular weight excluding hydrogens is 230 g/mol. The zero-order valence-corrected chi connectivity index (χ0v) is 10.9. The summed E-state index contributed by atoms with van der Waals surface area (Å²) in [6.07, 6.45) is 0.968. The summed E-state index contributed by atoms with van der Waals surface area (Å²) in [5.74, 6) is 0.500. The van der Waals surface area contributed by atoms with E-state index in [1.807, 2.05) is 26.0 Å². The second-order valence-electron chi connectivity index (χ2n) is 4.07. The third kappa shape index (κ3) is 3.77. The Balaban J connectivity index is 2.54. The largest absolute Gasteiger partial charge is 0.494 e. The van der Waals surface area contributed by atoms with Gasteiger partial charge in [0.1, 0.15) is 5.75 Å². The number of rotatable bonds is 5. The highest BCUT2D eigenvalue weighted by Gasteiger charge is 2.05. The summed E-state index contributed by atoms with van der Waals surface area (Å²) in [6.45, 7) is 4.22. The molecule has 0 amide bonds. The zero-order chi connectivity index (χ0) is 13.5. The van der Waals surface area contributed by atoms with Crippen LogP contribution in [0.4, 0.5) is 0 Å². The van der Waals surface area contributed by atoms with E-state index in [9.17, 15) is 4.79 Å². The van der Waals surface area contributed by atoms with E-state index in [4.69, 9.17) is 10.00 Å². The van der Waals surface area contributed by atoms with E-state index >= 15 is 0 Å². The summed E-state index contributed by atoms with van der Waals surface area (Å²) >= 11 is 0. The van der Waals surface area contributed by atoms with Gasteiger partial charge in [0.25, 0.3) is 0 Å². The molecule has 96 valence electrons. The average molecular weight is 247 g/mol. The second kappa shape index (κ2) is 6.65. The number of ether oxygens (including phenoxy) is 2. The van der Waals surface area contributed by atoms with Crippen LogP contribution in [0.1, 0.15) is 29.5 Å². The van der Waals surface area contributed by atoms with Crippen LogP contribution in [0.5, 0.6) is 5.75 Å². The molecule has 0 aliphatic heterocycles. The van der Waals surface area contributed by atoms with Gasteiger partial charge in [0.2, 0.25) is 0 Å². The van der Waals surface area contributed by atoms with Gasteiger partial charge in [0.15, 0.2) is 0 Å². The molecule has 0 saturated heterocycles. The summed E-state index contributed by atoms with van der Waals surface area (Å²) in [5, 5.41) is 8.95. The maximum Gasteiger partial charge on any atom is 0.305 e. The van der Waals surface area contributed by atoms with Gasteiger partial charge in [-0.2, -0.15) is 5.26 Å². The lowest BCUT2D eigenvalue weighted by Crippen LogP contribution is -2.05. The lowest BCUT2D eigenvalue weighted by atomic mass is 10.0. The van der Waals surface area contributed by atoms with E-state index in [-0.39, 0.29) is 5.97 Å². The van der Waals surface area contributed by atoms with Gasteiger partial charge in [0, 0.05) is 6.42 Å². The van der Waals surface area contributed by atoms with Gasteiger partial charge >= 0.3 is 5.97 Å². The lowest BCUT2D eigenvalue weighted by molar-refractivity contribution is -0.140. The van der Waals surface area contributed by atoms with Crippen molar-refractivity contribution in [3.63, 3.8) is 0 Å². The molecule has 0 aromatic heterocycles. The van der Waals surface area contributed by atoms with E-state index in [2.05, 4.69) is 10.8 Å². The number of carbonyl (C=O) groups is 1. The number of nitriles is 1. The first-order valence-electron chi connectivity index (χ1n) is 5.79. The highest BCUT2D eigenvalue weighted by molar-refractivity contribution is 5.69. The average Bonchev–Trinajstić information content (AvgIpc) is 2.34. The van der Waals surface area contributed by atoms with Crippen LogP contribution in [-0.4, -0.2) is 19.7 Å². The third-order valence-electron chi connectivity index (χ3n) is 2.64. The smallest absolute Gasteiger partial charge is 0.305 e. The molecule has 1 aromatic carbocycles. The van der Waals surface area contributed by atoms with Gasteiger partial charge in [-0.3, -0.25) is 4.79 Å². The minimum Gasteiger partial charge on any atom is -0.494 e. The number of nitrogens with zero attached hydrogens (tertiary/aromatic N) is 1. The summed E-state index contributed by atoms with van der Waals surface area (Å²) in [4.78, 5) is 10.9. The van der Waals surface area contributed by atoms with Crippen LogP contribution >= 0.6 is 0 Å². The molecule has 0 N–H and O–H groups in total. The van der Waals surface area contributed by atoms with Crippen LogP contribution < -0.4 is 4.74 Å². The predicted molar refractivity (Wildman–Crippen MR) is 67.4 cm³/mol. The van der Waals surface area contributed by atoms with Crippen LogP contribution in [0.2, 0.25) is 0 Å². The Kier molecular flexibility index (Phi) is 5.19.